The molecule has 7 rings (SSSR count). The standard InChI is InChI=1S/C49H55N3O12/c1-24-14-13-15-25(2)48(59)51-39-40-38(50-34-19-18-32(22-52(34)40)61-23-31-16-11-10-12-17-31)35-36(44(39)57)43(56)29(6)46-37(35)47(58)49(8,64-46)62-21-20-33(60-9)26(3)45(63-30(7)53)28(5)42(55)27(4)41(24)54/h10-22,24,26-28,33,41-42,45,54-57H,23H2,1-9H3,(H,51,59)/b14-13+,21-20+,25-15-. The highest BCUT2D eigenvalue weighted by molar-refractivity contribution is 6.28. The fraction of sp³-hybridized carbons (Fsp3) is 0.388. The van der Waals surface area contributed by atoms with Crippen LogP contribution in [0.5, 0.6) is 23.0 Å². The summed E-state index contributed by atoms with van der Waals surface area (Å²) in [6, 6.07) is 13.0. The summed E-state index contributed by atoms with van der Waals surface area (Å²) in [5.74, 6) is -6.80. The van der Waals surface area contributed by atoms with E-state index in [4.69, 9.17) is 28.7 Å². The maximum Gasteiger partial charge on any atom is 0.312 e. The molecule has 5 N–H and O–H groups in total. The Kier molecular flexibility index (Phi) is 12.8. The zero-order chi connectivity index (χ0) is 46.4. The molecule has 4 bridgehead atoms. The van der Waals surface area contributed by atoms with Crippen molar-refractivity contribution in [2.45, 2.75) is 92.2 Å². The van der Waals surface area contributed by atoms with Gasteiger partial charge < -0.3 is 49.4 Å². The Bertz CT molecular complexity index is 2720. The molecule has 3 aromatic carbocycles. The van der Waals surface area contributed by atoms with Crippen LogP contribution in [-0.4, -0.2) is 84.8 Å². The van der Waals surface area contributed by atoms with Crippen molar-refractivity contribution in [3.8, 4) is 23.0 Å². The molecule has 0 radical (unpaired) electrons. The average molecular weight is 878 g/mol. The number of carbonyl (C=O) groups is 3. The number of esters is 1. The second-order valence-electron chi connectivity index (χ2n) is 17.0. The molecule has 15 heteroatoms. The first kappa shape index (κ1) is 45.6. The van der Waals surface area contributed by atoms with Crippen molar-refractivity contribution in [2.24, 2.45) is 23.7 Å². The number of aromatic hydroxyl groups is 2. The second kappa shape index (κ2) is 18.0. The van der Waals surface area contributed by atoms with E-state index in [0.717, 1.165) is 5.56 Å². The number of imidazole rings is 1. The number of ketones is 1. The number of phenolic OH excluding ortho intramolecular Hbond substituents is 2. The van der Waals surface area contributed by atoms with E-state index in [0.29, 0.717) is 11.4 Å². The van der Waals surface area contributed by atoms with Gasteiger partial charge in [-0.15, -0.1) is 0 Å². The number of hydrogen-bond donors (Lipinski definition) is 5. The minimum Gasteiger partial charge on any atom is -0.507 e. The lowest BCUT2D eigenvalue weighted by molar-refractivity contribution is -0.160. The highest BCUT2D eigenvalue weighted by atomic mass is 16.7. The maximum absolute atomic E-state index is 14.8. The number of rotatable bonds is 5. The maximum atomic E-state index is 14.8. The quantitative estimate of drug-likeness (QED) is 0.0861. The largest absolute Gasteiger partial charge is 0.507 e. The van der Waals surface area contributed by atoms with E-state index in [1.807, 2.05) is 30.3 Å². The molecule has 64 heavy (non-hydrogen) atoms. The molecule has 5 aromatic rings. The summed E-state index contributed by atoms with van der Waals surface area (Å²) < 4.78 is 31.7. The summed E-state index contributed by atoms with van der Waals surface area (Å²) in [7, 11) is 1.46. The first-order valence-corrected chi connectivity index (χ1v) is 21.2. The number of nitrogens with one attached hydrogen (secondary N) is 1. The zero-order valence-electron chi connectivity index (χ0n) is 37.3. The Labute approximate surface area is 370 Å². The minimum atomic E-state index is -2.00. The Hall–Kier alpha value is -6.42. The Balaban J connectivity index is 1.43. The summed E-state index contributed by atoms with van der Waals surface area (Å²) in [4.78, 5) is 46.1. The summed E-state index contributed by atoms with van der Waals surface area (Å²) in [6.07, 6.45) is 5.44. The van der Waals surface area contributed by atoms with Gasteiger partial charge in [-0.05, 0) is 37.6 Å². The van der Waals surface area contributed by atoms with E-state index in [1.165, 1.54) is 40.2 Å². The second-order valence-corrected chi connectivity index (χ2v) is 17.0. The lowest BCUT2D eigenvalue weighted by atomic mass is 9.78. The molecule has 0 saturated heterocycles. The average Bonchev–Trinajstić information content (AvgIpc) is 3.78. The van der Waals surface area contributed by atoms with Crippen LogP contribution in [0.3, 0.4) is 0 Å². The molecule has 9 unspecified atom stereocenters. The third kappa shape index (κ3) is 8.26. The van der Waals surface area contributed by atoms with Crippen LogP contribution in [0, 0.1) is 30.6 Å². The van der Waals surface area contributed by atoms with Gasteiger partial charge in [0.25, 0.3) is 11.7 Å². The van der Waals surface area contributed by atoms with Crippen molar-refractivity contribution < 1.29 is 58.5 Å². The fourth-order valence-corrected chi connectivity index (χ4v) is 8.73. The third-order valence-corrected chi connectivity index (χ3v) is 12.6. The third-order valence-electron chi connectivity index (χ3n) is 12.6. The van der Waals surface area contributed by atoms with Crippen molar-refractivity contribution in [1.29, 1.82) is 0 Å². The molecule has 2 aromatic heterocycles. The highest BCUT2D eigenvalue weighted by Gasteiger charge is 2.50. The van der Waals surface area contributed by atoms with Gasteiger partial charge in [-0.3, -0.25) is 18.8 Å². The number of methoxy groups -OCH3 is 1. The number of benzene rings is 3. The number of ether oxygens (including phenoxy) is 5. The lowest BCUT2D eigenvalue weighted by Crippen LogP contribution is -2.46. The SMILES string of the molecule is COC1/C=C/OC2(C)Oc3c(C)c(O)c4c(O)c(c5c(nc6ccc(OCc7ccccc7)cn65)c4c3C2=O)NC(=O)/C(C)=C\C=C\C(C)C(O)C(C)C(O)C(C)C(OC(C)=O)C1C. The number of hydrogen-bond acceptors (Lipinski definition) is 13. The first-order valence-electron chi connectivity index (χ1n) is 21.2. The number of aliphatic hydroxyl groups excluding tert-OH is 2. The molecule has 9 atom stereocenters. The fourth-order valence-electron chi connectivity index (χ4n) is 8.73. The van der Waals surface area contributed by atoms with Gasteiger partial charge in [-0.2, -0.15) is 0 Å². The van der Waals surface area contributed by atoms with E-state index < -0.39 is 83.0 Å². The van der Waals surface area contributed by atoms with E-state index in [2.05, 4.69) is 5.32 Å². The van der Waals surface area contributed by atoms with E-state index in [1.54, 1.807) is 75.6 Å². The zero-order valence-corrected chi connectivity index (χ0v) is 37.3. The van der Waals surface area contributed by atoms with Crippen LogP contribution in [0.1, 0.15) is 70.0 Å². The Morgan fingerprint density at radius 1 is 0.938 bits per heavy atom. The predicted molar refractivity (Wildman–Crippen MR) is 239 cm³/mol. The number of nitrogens with zero attached hydrogens (tertiary/aromatic N) is 2. The Morgan fingerprint density at radius 3 is 2.34 bits per heavy atom. The number of pyridine rings is 1. The molecular weight excluding hydrogens is 823 g/mol. The number of fused-ring (bicyclic) bond motifs is 2. The van der Waals surface area contributed by atoms with Crippen molar-refractivity contribution in [2.75, 3.05) is 12.4 Å². The lowest BCUT2D eigenvalue weighted by Gasteiger charge is -2.38. The number of aromatic nitrogens is 2. The van der Waals surface area contributed by atoms with Crippen LogP contribution in [0.25, 0.3) is 27.5 Å². The summed E-state index contributed by atoms with van der Waals surface area (Å²) >= 11 is 0. The number of carbonyl (C=O) groups excluding carboxylic acids is 3. The number of Topliss-reactive ketones (excluding diaryl/α,β-unsaturated/α-hetero) is 1. The molecule has 338 valence electrons. The van der Waals surface area contributed by atoms with Gasteiger partial charge in [0, 0.05) is 61.2 Å². The van der Waals surface area contributed by atoms with Crippen LogP contribution in [0.2, 0.25) is 0 Å². The highest BCUT2D eigenvalue weighted by Crippen LogP contribution is 2.54. The van der Waals surface area contributed by atoms with Crippen LogP contribution >= 0.6 is 0 Å². The van der Waals surface area contributed by atoms with E-state index in [-0.39, 0.29) is 56.5 Å². The molecular formula is C49H55N3O12. The van der Waals surface area contributed by atoms with Crippen molar-refractivity contribution >= 4 is 50.8 Å². The van der Waals surface area contributed by atoms with E-state index >= 15 is 0 Å². The smallest absolute Gasteiger partial charge is 0.312 e. The topological polar surface area (TPSA) is 208 Å². The minimum absolute atomic E-state index is 0.00309. The van der Waals surface area contributed by atoms with Gasteiger partial charge in [-0.1, -0.05) is 76.3 Å². The first-order chi connectivity index (χ1) is 30.4. The van der Waals surface area contributed by atoms with E-state index in [9.17, 15) is 34.8 Å². The van der Waals surface area contributed by atoms with Gasteiger partial charge in [0.1, 0.15) is 52.3 Å². The van der Waals surface area contributed by atoms with Crippen LogP contribution in [0.4, 0.5) is 5.69 Å². The normalized spacial score (nSPS) is 28.6. The number of amides is 1. The molecule has 2 aliphatic heterocycles. The van der Waals surface area contributed by atoms with Crippen molar-refractivity contribution in [1.82, 2.24) is 9.38 Å². The van der Waals surface area contributed by atoms with Crippen LogP contribution in [-0.2, 0) is 30.4 Å². The monoisotopic (exact) mass is 877 g/mol. The summed E-state index contributed by atoms with van der Waals surface area (Å²) in [5, 5.41) is 49.9. The molecule has 0 fully saturated rings. The summed E-state index contributed by atoms with van der Waals surface area (Å²) in [5.41, 5.74) is 1.87. The molecule has 0 saturated carbocycles. The number of anilines is 1. The molecule has 1 amide bonds. The number of aliphatic hydroxyl groups is 2. The molecule has 4 heterocycles. The van der Waals surface area contributed by atoms with Gasteiger partial charge in [0.2, 0.25) is 0 Å². The van der Waals surface area contributed by atoms with Gasteiger partial charge >= 0.3 is 11.8 Å². The number of allylic oxidation sites excluding steroid dienone is 2. The molecule has 0 aliphatic carbocycles. The van der Waals surface area contributed by atoms with Gasteiger partial charge in [-0.25, -0.2) is 4.98 Å². The van der Waals surface area contributed by atoms with Gasteiger partial charge in [0.05, 0.1) is 41.7 Å². The van der Waals surface area contributed by atoms with Crippen LogP contribution < -0.4 is 14.8 Å². The Morgan fingerprint density at radius 2 is 1.66 bits per heavy atom. The molecule has 0 spiro atoms. The van der Waals surface area contributed by atoms with Crippen molar-refractivity contribution in [3.63, 3.8) is 0 Å². The van der Waals surface area contributed by atoms with Gasteiger partial charge in [0.15, 0.2) is 5.75 Å². The molecule has 15 nitrogen and oxygen atoms in total. The molecule has 2 aliphatic rings. The van der Waals surface area contributed by atoms with Crippen LogP contribution in [0.15, 0.2) is 84.8 Å². The predicted octanol–water partition coefficient (Wildman–Crippen LogP) is 7.43. The summed E-state index contributed by atoms with van der Waals surface area (Å²) in [6.45, 7) is 13.0. The van der Waals surface area contributed by atoms with Crippen molar-refractivity contribution in [3.05, 3.63) is 101 Å². The number of phenols is 2.